The molecule has 0 unspecified atom stereocenters. The third-order valence-corrected chi connectivity index (χ3v) is 2.94. The van der Waals surface area contributed by atoms with Crippen molar-refractivity contribution >= 4 is 21.8 Å². The number of ether oxygens (including phenoxy) is 1. The van der Waals surface area contributed by atoms with Gasteiger partial charge in [-0.3, -0.25) is 10.2 Å². The van der Waals surface area contributed by atoms with Crippen LogP contribution in [0.15, 0.2) is 22.7 Å². The highest BCUT2D eigenvalue weighted by molar-refractivity contribution is 9.10. The van der Waals surface area contributed by atoms with Gasteiger partial charge in [-0.1, -0.05) is 26.8 Å². The van der Waals surface area contributed by atoms with Gasteiger partial charge in [0.05, 0.1) is 4.47 Å². The van der Waals surface area contributed by atoms with Crippen LogP contribution in [0, 0.1) is 0 Å². The first kappa shape index (κ1) is 14.0. The fourth-order valence-electron chi connectivity index (χ4n) is 1.27. The van der Waals surface area contributed by atoms with Gasteiger partial charge in [0.2, 0.25) is 0 Å². The molecule has 0 aromatic heterocycles. The maximum atomic E-state index is 10.9. The molecule has 17 heavy (non-hydrogen) atoms. The van der Waals surface area contributed by atoms with E-state index in [0.717, 1.165) is 4.47 Å². The second-order valence-electron chi connectivity index (χ2n) is 4.75. The number of amides is 1. The van der Waals surface area contributed by atoms with Crippen molar-refractivity contribution in [1.29, 1.82) is 0 Å². The summed E-state index contributed by atoms with van der Waals surface area (Å²) < 4.78 is 6.15. The molecule has 1 aromatic carbocycles. The van der Waals surface area contributed by atoms with E-state index in [1.54, 1.807) is 0 Å². The standard InChI is InChI=1S/C12H17BrN2O2/c1-12(2,3)8-4-5-10(9(13)6-8)17-7-11(16)15-14/h4-6H,7,14H2,1-3H3,(H,15,16). The van der Waals surface area contributed by atoms with Crippen LogP contribution in [0.25, 0.3) is 0 Å². The molecule has 3 N–H and O–H groups in total. The molecule has 0 atom stereocenters. The molecule has 5 heteroatoms. The maximum Gasteiger partial charge on any atom is 0.271 e. The summed E-state index contributed by atoms with van der Waals surface area (Å²) in [6.07, 6.45) is 0. The number of hydrazine groups is 1. The second-order valence-corrected chi connectivity index (χ2v) is 5.61. The van der Waals surface area contributed by atoms with E-state index in [1.807, 2.05) is 23.6 Å². The Morgan fingerprint density at radius 2 is 2.12 bits per heavy atom. The topological polar surface area (TPSA) is 64.3 Å². The van der Waals surface area contributed by atoms with Gasteiger partial charge >= 0.3 is 0 Å². The first-order valence-electron chi connectivity index (χ1n) is 5.27. The molecule has 4 nitrogen and oxygen atoms in total. The zero-order chi connectivity index (χ0) is 13.1. The second kappa shape index (κ2) is 5.51. The van der Waals surface area contributed by atoms with Gasteiger partial charge in [-0.15, -0.1) is 0 Å². The molecule has 0 heterocycles. The number of hydrogen-bond acceptors (Lipinski definition) is 3. The SMILES string of the molecule is CC(C)(C)c1ccc(OCC(=O)NN)c(Br)c1. The molecule has 0 aliphatic carbocycles. The summed E-state index contributed by atoms with van der Waals surface area (Å²) in [6.45, 7) is 6.31. The van der Waals surface area contributed by atoms with Gasteiger partial charge in [0.15, 0.2) is 6.61 Å². The summed E-state index contributed by atoms with van der Waals surface area (Å²) in [4.78, 5) is 10.9. The fraction of sp³-hybridized carbons (Fsp3) is 0.417. The largest absolute Gasteiger partial charge is 0.483 e. The summed E-state index contributed by atoms with van der Waals surface area (Å²) in [5.74, 6) is 5.23. The van der Waals surface area contributed by atoms with E-state index in [-0.39, 0.29) is 17.9 Å². The molecule has 0 aliphatic rings. The average molecular weight is 301 g/mol. The molecule has 94 valence electrons. The number of hydrogen-bond donors (Lipinski definition) is 2. The number of carbonyl (C=O) groups excluding carboxylic acids is 1. The lowest BCUT2D eigenvalue weighted by atomic mass is 9.87. The van der Waals surface area contributed by atoms with Gasteiger partial charge in [-0.2, -0.15) is 0 Å². The fourth-order valence-corrected chi connectivity index (χ4v) is 1.76. The Kier molecular flexibility index (Phi) is 4.54. The van der Waals surface area contributed by atoms with E-state index >= 15 is 0 Å². The van der Waals surface area contributed by atoms with Crippen molar-refractivity contribution in [3.63, 3.8) is 0 Å². The van der Waals surface area contributed by atoms with Crippen molar-refractivity contribution in [2.45, 2.75) is 26.2 Å². The van der Waals surface area contributed by atoms with E-state index in [4.69, 9.17) is 10.6 Å². The Hall–Kier alpha value is -1.07. The van der Waals surface area contributed by atoms with Crippen molar-refractivity contribution in [2.75, 3.05) is 6.61 Å². The number of halogens is 1. The Bertz CT molecular complexity index is 413. The minimum Gasteiger partial charge on any atom is -0.483 e. The van der Waals surface area contributed by atoms with E-state index in [0.29, 0.717) is 5.75 Å². The minimum atomic E-state index is -0.364. The number of rotatable bonds is 3. The highest BCUT2D eigenvalue weighted by Gasteiger charge is 2.15. The molecule has 0 saturated heterocycles. The normalized spacial score (nSPS) is 11.1. The monoisotopic (exact) mass is 300 g/mol. The molecular formula is C12H17BrN2O2. The molecule has 0 aliphatic heterocycles. The highest BCUT2D eigenvalue weighted by Crippen LogP contribution is 2.31. The van der Waals surface area contributed by atoms with Crippen LogP contribution in [0.4, 0.5) is 0 Å². The molecule has 0 fully saturated rings. The predicted molar refractivity (Wildman–Crippen MR) is 70.7 cm³/mol. The minimum absolute atomic E-state index is 0.0791. The van der Waals surface area contributed by atoms with Gasteiger partial charge in [0, 0.05) is 0 Å². The molecule has 0 bridgehead atoms. The number of benzene rings is 1. The molecule has 1 aromatic rings. The van der Waals surface area contributed by atoms with Gasteiger partial charge in [-0.25, -0.2) is 5.84 Å². The van der Waals surface area contributed by atoms with E-state index < -0.39 is 0 Å². The summed E-state index contributed by atoms with van der Waals surface area (Å²) in [7, 11) is 0. The summed E-state index contributed by atoms with van der Waals surface area (Å²) in [5, 5.41) is 0. The van der Waals surface area contributed by atoms with Crippen molar-refractivity contribution in [2.24, 2.45) is 5.84 Å². The molecule has 1 amide bonds. The Labute approximate surface area is 110 Å². The van der Waals surface area contributed by atoms with Crippen molar-refractivity contribution in [3.8, 4) is 5.75 Å². The van der Waals surface area contributed by atoms with Crippen LogP contribution in [0.2, 0.25) is 0 Å². The van der Waals surface area contributed by atoms with Gasteiger partial charge < -0.3 is 4.74 Å². The van der Waals surface area contributed by atoms with Gasteiger partial charge in [0.25, 0.3) is 5.91 Å². The quantitative estimate of drug-likeness (QED) is 0.510. The van der Waals surface area contributed by atoms with Crippen molar-refractivity contribution in [3.05, 3.63) is 28.2 Å². The molecule has 0 spiro atoms. The van der Waals surface area contributed by atoms with Crippen LogP contribution in [-0.2, 0) is 10.2 Å². The smallest absolute Gasteiger partial charge is 0.271 e. The van der Waals surface area contributed by atoms with E-state index in [2.05, 4.69) is 36.7 Å². The van der Waals surface area contributed by atoms with E-state index in [9.17, 15) is 4.79 Å². The predicted octanol–water partition coefficient (Wildman–Crippen LogP) is 2.12. The first-order chi connectivity index (χ1) is 7.84. The van der Waals surface area contributed by atoms with Crippen molar-refractivity contribution < 1.29 is 9.53 Å². The van der Waals surface area contributed by atoms with Crippen LogP contribution < -0.4 is 16.0 Å². The van der Waals surface area contributed by atoms with Gasteiger partial charge in [0.1, 0.15) is 5.75 Å². The molecule has 0 saturated carbocycles. The van der Waals surface area contributed by atoms with Crippen LogP contribution in [0.5, 0.6) is 5.75 Å². The van der Waals surface area contributed by atoms with Crippen molar-refractivity contribution in [1.82, 2.24) is 5.43 Å². The van der Waals surface area contributed by atoms with Crippen LogP contribution in [-0.4, -0.2) is 12.5 Å². The average Bonchev–Trinajstić information content (AvgIpc) is 2.25. The summed E-state index contributed by atoms with van der Waals surface area (Å²) in [5.41, 5.74) is 3.28. The Morgan fingerprint density at radius 3 is 2.59 bits per heavy atom. The Balaban J connectivity index is 2.80. The molecule has 0 radical (unpaired) electrons. The molecule has 1 rings (SSSR count). The van der Waals surface area contributed by atoms with Crippen LogP contribution in [0.1, 0.15) is 26.3 Å². The lowest BCUT2D eigenvalue weighted by molar-refractivity contribution is -0.123. The number of nitrogens with one attached hydrogen (secondary N) is 1. The zero-order valence-electron chi connectivity index (χ0n) is 10.2. The zero-order valence-corrected chi connectivity index (χ0v) is 11.8. The first-order valence-corrected chi connectivity index (χ1v) is 6.06. The van der Waals surface area contributed by atoms with Gasteiger partial charge in [-0.05, 0) is 39.0 Å². The maximum absolute atomic E-state index is 10.9. The number of carbonyl (C=O) groups is 1. The third kappa shape index (κ3) is 4.02. The summed E-state index contributed by atoms with van der Waals surface area (Å²) >= 11 is 3.42. The lowest BCUT2D eigenvalue weighted by Crippen LogP contribution is -2.34. The van der Waals surface area contributed by atoms with Crippen LogP contribution >= 0.6 is 15.9 Å². The third-order valence-electron chi connectivity index (χ3n) is 2.32. The lowest BCUT2D eigenvalue weighted by Gasteiger charge is -2.20. The highest BCUT2D eigenvalue weighted by atomic mass is 79.9. The number of nitrogens with two attached hydrogens (primary N) is 1. The molecular weight excluding hydrogens is 284 g/mol. The summed E-state index contributed by atoms with van der Waals surface area (Å²) in [6, 6.07) is 5.82. The Morgan fingerprint density at radius 1 is 1.47 bits per heavy atom. The van der Waals surface area contributed by atoms with E-state index in [1.165, 1.54) is 5.56 Å². The van der Waals surface area contributed by atoms with Crippen LogP contribution in [0.3, 0.4) is 0 Å².